The van der Waals surface area contributed by atoms with E-state index < -0.39 is 0 Å². The largest absolute Gasteiger partial charge is 0.383 e. The van der Waals surface area contributed by atoms with Crippen molar-refractivity contribution in [3.63, 3.8) is 0 Å². The second kappa shape index (κ2) is 6.35. The van der Waals surface area contributed by atoms with Crippen LogP contribution in [0.25, 0.3) is 0 Å². The molecule has 0 aromatic carbocycles. The SMILES string of the molecule is CCN(CC)C(C)(CC)C(N)c1c(C)ccnc1N. The van der Waals surface area contributed by atoms with Crippen LogP contribution in [0.1, 0.15) is 51.3 Å². The first-order valence-corrected chi connectivity index (χ1v) is 7.13. The van der Waals surface area contributed by atoms with Crippen LogP contribution in [0.5, 0.6) is 0 Å². The molecule has 0 radical (unpaired) electrons. The summed E-state index contributed by atoms with van der Waals surface area (Å²) in [5, 5.41) is 0. The molecule has 2 atom stereocenters. The van der Waals surface area contributed by atoms with Crippen LogP contribution in [0.2, 0.25) is 0 Å². The molecular formula is C15H28N4. The Labute approximate surface area is 117 Å². The lowest BCUT2D eigenvalue weighted by molar-refractivity contribution is 0.0844. The minimum Gasteiger partial charge on any atom is -0.383 e. The van der Waals surface area contributed by atoms with Crippen molar-refractivity contribution in [2.24, 2.45) is 5.73 Å². The molecule has 108 valence electrons. The van der Waals surface area contributed by atoms with Crippen LogP contribution in [-0.2, 0) is 0 Å². The van der Waals surface area contributed by atoms with Crippen molar-refractivity contribution in [2.75, 3.05) is 18.8 Å². The van der Waals surface area contributed by atoms with Gasteiger partial charge in [0.15, 0.2) is 0 Å². The Bertz CT molecular complexity index is 394. The first-order valence-electron chi connectivity index (χ1n) is 7.13. The predicted molar refractivity (Wildman–Crippen MR) is 81.9 cm³/mol. The fraction of sp³-hybridized carbons (Fsp3) is 0.667. The van der Waals surface area contributed by atoms with Crippen LogP contribution in [-0.4, -0.2) is 28.5 Å². The monoisotopic (exact) mass is 264 g/mol. The fourth-order valence-electron chi connectivity index (χ4n) is 2.89. The molecule has 4 nitrogen and oxygen atoms in total. The Morgan fingerprint density at radius 3 is 2.32 bits per heavy atom. The first kappa shape index (κ1) is 15.9. The van der Waals surface area contributed by atoms with Gasteiger partial charge >= 0.3 is 0 Å². The molecule has 0 amide bonds. The van der Waals surface area contributed by atoms with Gasteiger partial charge < -0.3 is 11.5 Å². The lowest BCUT2D eigenvalue weighted by Crippen LogP contribution is -2.53. The summed E-state index contributed by atoms with van der Waals surface area (Å²) in [7, 11) is 0. The number of likely N-dealkylation sites (N-methyl/N-ethyl adjacent to an activating group) is 1. The van der Waals surface area contributed by atoms with Crippen molar-refractivity contribution in [2.45, 2.75) is 52.6 Å². The van der Waals surface area contributed by atoms with E-state index in [2.05, 4.69) is 37.6 Å². The Hall–Kier alpha value is -1.13. The van der Waals surface area contributed by atoms with Crippen LogP contribution >= 0.6 is 0 Å². The van der Waals surface area contributed by atoms with Gasteiger partial charge in [0.2, 0.25) is 0 Å². The van der Waals surface area contributed by atoms with E-state index in [1.54, 1.807) is 6.20 Å². The maximum absolute atomic E-state index is 6.58. The zero-order valence-electron chi connectivity index (χ0n) is 12.9. The summed E-state index contributed by atoms with van der Waals surface area (Å²) in [4.78, 5) is 6.61. The quantitative estimate of drug-likeness (QED) is 0.828. The first-order chi connectivity index (χ1) is 8.92. The minimum absolute atomic E-state index is 0.106. The topological polar surface area (TPSA) is 68.2 Å². The Morgan fingerprint density at radius 1 is 1.32 bits per heavy atom. The standard InChI is InChI=1S/C15H28N4/c1-6-15(5,19(7-2)8-3)13(16)12-11(4)9-10-18-14(12)17/h9-10,13H,6-8,16H2,1-5H3,(H2,17,18). The number of aromatic nitrogens is 1. The molecule has 0 saturated carbocycles. The van der Waals surface area contributed by atoms with Gasteiger partial charge in [-0.1, -0.05) is 20.8 Å². The summed E-state index contributed by atoms with van der Waals surface area (Å²) in [6.45, 7) is 12.7. The number of pyridine rings is 1. The number of rotatable bonds is 6. The molecule has 2 unspecified atom stereocenters. The van der Waals surface area contributed by atoms with Crippen molar-refractivity contribution in [3.8, 4) is 0 Å². The highest BCUT2D eigenvalue weighted by molar-refractivity contribution is 5.47. The van der Waals surface area contributed by atoms with Crippen molar-refractivity contribution in [1.29, 1.82) is 0 Å². The average molecular weight is 264 g/mol. The predicted octanol–water partition coefficient (Wildman–Crippen LogP) is 2.48. The highest BCUT2D eigenvalue weighted by Gasteiger charge is 2.37. The maximum Gasteiger partial charge on any atom is 0.128 e. The van der Waals surface area contributed by atoms with E-state index in [9.17, 15) is 0 Å². The summed E-state index contributed by atoms with van der Waals surface area (Å²) in [5.74, 6) is 0.555. The lowest BCUT2D eigenvalue weighted by Gasteiger charge is -2.44. The van der Waals surface area contributed by atoms with Gasteiger partial charge in [-0.3, -0.25) is 4.90 Å². The Balaban J connectivity index is 3.25. The number of aryl methyl sites for hydroxylation is 1. The fourth-order valence-corrected chi connectivity index (χ4v) is 2.89. The second-order valence-corrected chi connectivity index (χ2v) is 5.29. The molecule has 0 aliphatic heterocycles. The molecular weight excluding hydrogens is 236 g/mol. The van der Waals surface area contributed by atoms with Gasteiger partial charge in [-0.25, -0.2) is 4.98 Å². The summed E-state index contributed by atoms with van der Waals surface area (Å²) in [6, 6.07) is 1.84. The molecule has 0 spiro atoms. The zero-order chi connectivity index (χ0) is 14.6. The van der Waals surface area contributed by atoms with Crippen LogP contribution in [0, 0.1) is 6.92 Å². The van der Waals surface area contributed by atoms with Gasteiger partial charge in [0.1, 0.15) is 5.82 Å². The Kier molecular flexibility index (Phi) is 5.32. The summed E-state index contributed by atoms with van der Waals surface area (Å²) < 4.78 is 0. The lowest BCUT2D eigenvalue weighted by atomic mass is 9.82. The number of hydrogen-bond donors (Lipinski definition) is 2. The van der Waals surface area contributed by atoms with Crippen molar-refractivity contribution in [3.05, 3.63) is 23.4 Å². The van der Waals surface area contributed by atoms with E-state index in [4.69, 9.17) is 11.5 Å². The van der Waals surface area contributed by atoms with Crippen molar-refractivity contribution < 1.29 is 0 Å². The van der Waals surface area contributed by atoms with Gasteiger partial charge in [0, 0.05) is 17.3 Å². The normalized spacial score (nSPS) is 16.4. The van der Waals surface area contributed by atoms with Crippen LogP contribution in [0.4, 0.5) is 5.82 Å². The van der Waals surface area contributed by atoms with Crippen molar-refractivity contribution in [1.82, 2.24) is 9.88 Å². The molecule has 4 N–H and O–H groups in total. The van der Waals surface area contributed by atoms with Crippen molar-refractivity contribution >= 4 is 5.82 Å². The molecule has 1 aromatic rings. The molecule has 4 heteroatoms. The number of nitrogens with two attached hydrogens (primary N) is 2. The molecule has 0 aliphatic carbocycles. The maximum atomic E-state index is 6.58. The number of anilines is 1. The second-order valence-electron chi connectivity index (χ2n) is 5.29. The highest BCUT2D eigenvalue weighted by Crippen LogP contribution is 2.35. The van der Waals surface area contributed by atoms with Gasteiger partial charge in [0.05, 0.1) is 6.04 Å². The van der Waals surface area contributed by atoms with E-state index >= 15 is 0 Å². The Morgan fingerprint density at radius 2 is 1.89 bits per heavy atom. The van der Waals surface area contributed by atoms with E-state index in [1.807, 2.05) is 13.0 Å². The van der Waals surface area contributed by atoms with Gasteiger partial charge in [-0.05, 0) is 45.0 Å². The molecule has 1 rings (SSSR count). The average Bonchev–Trinajstić information content (AvgIpc) is 2.39. The zero-order valence-corrected chi connectivity index (χ0v) is 12.9. The smallest absolute Gasteiger partial charge is 0.128 e. The van der Waals surface area contributed by atoms with Gasteiger partial charge in [-0.15, -0.1) is 0 Å². The summed E-state index contributed by atoms with van der Waals surface area (Å²) in [6.07, 6.45) is 2.71. The third-order valence-electron chi connectivity index (χ3n) is 4.42. The molecule has 0 saturated heterocycles. The molecule has 1 heterocycles. The van der Waals surface area contributed by atoms with E-state index in [0.717, 1.165) is 30.6 Å². The van der Waals surface area contributed by atoms with E-state index in [-0.39, 0.29) is 11.6 Å². The number of nitrogens with zero attached hydrogens (tertiary/aromatic N) is 2. The number of hydrogen-bond acceptors (Lipinski definition) is 4. The molecule has 0 bridgehead atoms. The molecule has 19 heavy (non-hydrogen) atoms. The van der Waals surface area contributed by atoms with Gasteiger partial charge in [0.25, 0.3) is 0 Å². The molecule has 0 fully saturated rings. The summed E-state index contributed by atoms with van der Waals surface area (Å²) >= 11 is 0. The molecule has 0 aliphatic rings. The highest BCUT2D eigenvalue weighted by atomic mass is 15.2. The van der Waals surface area contributed by atoms with Crippen LogP contribution < -0.4 is 11.5 Å². The van der Waals surface area contributed by atoms with Crippen LogP contribution in [0.15, 0.2) is 12.3 Å². The van der Waals surface area contributed by atoms with E-state index in [0.29, 0.717) is 5.82 Å². The van der Waals surface area contributed by atoms with E-state index in [1.165, 1.54) is 0 Å². The minimum atomic E-state index is -0.133. The molecule has 1 aromatic heterocycles. The van der Waals surface area contributed by atoms with Crippen LogP contribution in [0.3, 0.4) is 0 Å². The van der Waals surface area contributed by atoms with Gasteiger partial charge in [-0.2, -0.15) is 0 Å². The number of nitrogen functional groups attached to an aromatic ring is 1. The third-order valence-corrected chi connectivity index (χ3v) is 4.42. The summed E-state index contributed by atoms with van der Waals surface area (Å²) in [5.41, 5.74) is 14.6. The third kappa shape index (κ3) is 2.90.